The predicted octanol–water partition coefficient (Wildman–Crippen LogP) is 2.05. The second-order valence-corrected chi connectivity index (χ2v) is 5.10. The van der Waals surface area contributed by atoms with Gasteiger partial charge in [0.2, 0.25) is 0 Å². The zero-order valence-electron chi connectivity index (χ0n) is 10.5. The van der Waals surface area contributed by atoms with Crippen LogP contribution in [-0.2, 0) is 6.54 Å². The Labute approximate surface area is 97.8 Å². The Morgan fingerprint density at radius 1 is 1.44 bits per heavy atom. The van der Waals surface area contributed by atoms with E-state index >= 15 is 0 Å². The summed E-state index contributed by atoms with van der Waals surface area (Å²) in [6, 6.07) is 4.24. The van der Waals surface area contributed by atoms with Crippen LogP contribution >= 0.6 is 0 Å². The Bertz CT molecular complexity index is 332. The van der Waals surface area contributed by atoms with Crippen LogP contribution in [0.15, 0.2) is 16.5 Å². The lowest BCUT2D eigenvalue weighted by Crippen LogP contribution is -2.26. The monoisotopic (exact) mass is 222 g/mol. The van der Waals surface area contributed by atoms with Gasteiger partial charge < -0.3 is 14.6 Å². The maximum Gasteiger partial charge on any atom is 0.117 e. The zero-order valence-corrected chi connectivity index (χ0v) is 10.5. The van der Waals surface area contributed by atoms with Crippen LogP contribution in [0.25, 0.3) is 0 Å². The molecular formula is C13H22N2O. The van der Waals surface area contributed by atoms with Crippen molar-refractivity contribution in [1.29, 1.82) is 0 Å². The van der Waals surface area contributed by atoms with Crippen LogP contribution < -0.4 is 5.32 Å². The maximum absolute atomic E-state index is 5.81. The Kier molecular flexibility index (Phi) is 3.66. The molecule has 2 atom stereocenters. The van der Waals surface area contributed by atoms with Crippen molar-refractivity contribution in [2.45, 2.75) is 25.8 Å². The van der Waals surface area contributed by atoms with E-state index in [4.69, 9.17) is 4.42 Å². The lowest BCUT2D eigenvalue weighted by atomic mass is 10.3. The third kappa shape index (κ3) is 3.09. The van der Waals surface area contributed by atoms with E-state index in [1.54, 1.807) is 0 Å². The number of rotatable bonds is 6. The molecule has 16 heavy (non-hydrogen) atoms. The highest BCUT2D eigenvalue weighted by molar-refractivity contribution is 5.17. The molecule has 0 aromatic carbocycles. The number of furan rings is 1. The Hall–Kier alpha value is -0.800. The van der Waals surface area contributed by atoms with Crippen LogP contribution in [0.4, 0.5) is 0 Å². The molecule has 0 aliphatic heterocycles. The smallest absolute Gasteiger partial charge is 0.117 e. The van der Waals surface area contributed by atoms with Crippen LogP contribution in [-0.4, -0.2) is 32.1 Å². The highest BCUT2D eigenvalue weighted by Crippen LogP contribution is 2.47. The van der Waals surface area contributed by atoms with Crippen molar-refractivity contribution in [2.75, 3.05) is 27.2 Å². The standard InChI is InChI=1S/C13H22N2O/c1-10-8-12(10)13-5-4-11(16-13)9-14-6-7-15(2)3/h4-5,10,12,14H,6-9H2,1-3H3/t10-,12-/m0/s1. The van der Waals surface area contributed by atoms with Gasteiger partial charge in [-0.25, -0.2) is 0 Å². The van der Waals surface area contributed by atoms with E-state index in [1.807, 2.05) is 0 Å². The summed E-state index contributed by atoms with van der Waals surface area (Å²) in [5, 5.41) is 3.38. The molecule has 2 rings (SSSR count). The lowest BCUT2D eigenvalue weighted by molar-refractivity contribution is 0.388. The number of likely N-dealkylation sites (N-methyl/N-ethyl adjacent to an activating group) is 1. The molecule has 1 aliphatic carbocycles. The highest BCUT2D eigenvalue weighted by atomic mass is 16.3. The first kappa shape index (κ1) is 11.7. The van der Waals surface area contributed by atoms with Gasteiger partial charge in [0.05, 0.1) is 6.54 Å². The molecule has 1 aliphatic rings. The fraction of sp³-hybridized carbons (Fsp3) is 0.692. The summed E-state index contributed by atoms with van der Waals surface area (Å²) in [5.41, 5.74) is 0. The van der Waals surface area contributed by atoms with Gasteiger partial charge in [0.25, 0.3) is 0 Å². The van der Waals surface area contributed by atoms with Crippen molar-refractivity contribution in [3.05, 3.63) is 23.7 Å². The molecular weight excluding hydrogens is 200 g/mol. The minimum atomic E-state index is 0.690. The summed E-state index contributed by atoms with van der Waals surface area (Å²) in [6.07, 6.45) is 1.29. The lowest BCUT2D eigenvalue weighted by Gasteiger charge is -2.09. The summed E-state index contributed by atoms with van der Waals surface area (Å²) in [6.45, 7) is 5.19. The second kappa shape index (κ2) is 5.02. The molecule has 1 heterocycles. The summed E-state index contributed by atoms with van der Waals surface area (Å²) in [5.74, 6) is 3.75. The van der Waals surface area contributed by atoms with Gasteiger partial charge >= 0.3 is 0 Å². The third-order valence-corrected chi connectivity index (χ3v) is 3.19. The molecule has 1 fully saturated rings. The minimum absolute atomic E-state index is 0.690. The van der Waals surface area contributed by atoms with Crippen molar-refractivity contribution in [3.8, 4) is 0 Å². The molecule has 0 amide bonds. The third-order valence-electron chi connectivity index (χ3n) is 3.19. The van der Waals surface area contributed by atoms with E-state index in [0.717, 1.165) is 31.3 Å². The van der Waals surface area contributed by atoms with E-state index in [-0.39, 0.29) is 0 Å². The van der Waals surface area contributed by atoms with Gasteiger partial charge in [-0.1, -0.05) is 6.92 Å². The van der Waals surface area contributed by atoms with Gasteiger partial charge in [-0.3, -0.25) is 0 Å². The molecule has 1 aromatic heterocycles. The number of nitrogens with one attached hydrogen (secondary N) is 1. The first-order chi connectivity index (χ1) is 7.66. The molecule has 0 saturated heterocycles. The van der Waals surface area contributed by atoms with Crippen molar-refractivity contribution < 1.29 is 4.42 Å². The number of hydrogen-bond acceptors (Lipinski definition) is 3. The number of nitrogens with zero attached hydrogens (tertiary/aromatic N) is 1. The molecule has 0 bridgehead atoms. The van der Waals surface area contributed by atoms with E-state index in [1.165, 1.54) is 12.2 Å². The van der Waals surface area contributed by atoms with E-state index < -0.39 is 0 Å². The summed E-state index contributed by atoms with van der Waals surface area (Å²) < 4.78 is 5.81. The largest absolute Gasteiger partial charge is 0.464 e. The first-order valence-electron chi connectivity index (χ1n) is 6.11. The molecule has 1 saturated carbocycles. The molecule has 1 aromatic rings. The fourth-order valence-electron chi connectivity index (χ4n) is 1.92. The molecule has 0 unspecified atom stereocenters. The SMILES string of the molecule is C[C@H]1C[C@@H]1c1ccc(CNCCN(C)C)o1. The van der Waals surface area contributed by atoms with Crippen LogP contribution in [0.2, 0.25) is 0 Å². The molecule has 90 valence electrons. The summed E-state index contributed by atoms with van der Waals surface area (Å²) in [4.78, 5) is 2.17. The van der Waals surface area contributed by atoms with Crippen LogP contribution in [0, 0.1) is 5.92 Å². The average Bonchev–Trinajstić information content (AvgIpc) is 2.79. The summed E-state index contributed by atoms with van der Waals surface area (Å²) in [7, 11) is 4.17. The Morgan fingerprint density at radius 2 is 2.19 bits per heavy atom. The molecule has 0 radical (unpaired) electrons. The van der Waals surface area contributed by atoms with Gasteiger partial charge in [-0.15, -0.1) is 0 Å². The quantitative estimate of drug-likeness (QED) is 0.747. The van der Waals surface area contributed by atoms with Crippen molar-refractivity contribution in [2.24, 2.45) is 5.92 Å². The normalized spacial score (nSPS) is 24.0. The first-order valence-corrected chi connectivity index (χ1v) is 6.11. The summed E-state index contributed by atoms with van der Waals surface area (Å²) >= 11 is 0. The van der Waals surface area contributed by atoms with Gasteiger partial charge in [0.1, 0.15) is 11.5 Å². The topological polar surface area (TPSA) is 28.4 Å². The van der Waals surface area contributed by atoms with E-state index in [2.05, 4.69) is 43.4 Å². The zero-order chi connectivity index (χ0) is 11.5. The average molecular weight is 222 g/mol. The van der Waals surface area contributed by atoms with Crippen molar-refractivity contribution in [3.63, 3.8) is 0 Å². The molecule has 1 N–H and O–H groups in total. The highest BCUT2D eigenvalue weighted by Gasteiger charge is 2.36. The maximum atomic E-state index is 5.81. The minimum Gasteiger partial charge on any atom is -0.464 e. The van der Waals surface area contributed by atoms with Gasteiger partial charge in [0, 0.05) is 19.0 Å². The van der Waals surface area contributed by atoms with Gasteiger partial charge in [0.15, 0.2) is 0 Å². The number of hydrogen-bond donors (Lipinski definition) is 1. The fourth-order valence-corrected chi connectivity index (χ4v) is 1.92. The van der Waals surface area contributed by atoms with Crippen LogP contribution in [0.3, 0.4) is 0 Å². The predicted molar refractivity (Wildman–Crippen MR) is 65.5 cm³/mol. The Balaban J connectivity index is 1.71. The van der Waals surface area contributed by atoms with Gasteiger partial charge in [-0.05, 0) is 38.6 Å². The van der Waals surface area contributed by atoms with Crippen molar-refractivity contribution in [1.82, 2.24) is 10.2 Å². The van der Waals surface area contributed by atoms with Crippen molar-refractivity contribution >= 4 is 0 Å². The second-order valence-electron chi connectivity index (χ2n) is 5.10. The molecule has 0 spiro atoms. The molecule has 3 heteroatoms. The Morgan fingerprint density at radius 3 is 2.81 bits per heavy atom. The van der Waals surface area contributed by atoms with Gasteiger partial charge in [-0.2, -0.15) is 0 Å². The van der Waals surface area contributed by atoms with E-state index in [9.17, 15) is 0 Å². The van der Waals surface area contributed by atoms with Crippen LogP contribution in [0.1, 0.15) is 30.8 Å². The van der Waals surface area contributed by atoms with E-state index in [0.29, 0.717) is 5.92 Å². The van der Waals surface area contributed by atoms with Crippen LogP contribution in [0.5, 0.6) is 0 Å². The molecule has 3 nitrogen and oxygen atoms in total.